The van der Waals surface area contributed by atoms with Crippen LogP contribution in [-0.4, -0.2) is 30.0 Å². The number of urea groups is 1. The predicted octanol–water partition coefficient (Wildman–Crippen LogP) is 2.19. The number of anilines is 1. The summed E-state index contributed by atoms with van der Waals surface area (Å²) in [6.07, 6.45) is 3.31. The topological polar surface area (TPSA) is 83.1 Å². The van der Waals surface area contributed by atoms with Crippen LogP contribution in [0.15, 0.2) is 0 Å². The summed E-state index contributed by atoms with van der Waals surface area (Å²) in [7, 11) is 1.66. The van der Waals surface area contributed by atoms with E-state index in [0.29, 0.717) is 5.13 Å². The van der Waals surface area contributed by atoms with Crippen molar-refractivity contribution < 1.29 is 9.59 Å². The molecule has 0 unspecified atom stereocenters. The van der Waals surface area contributed by atoms with E-state index in [1.807, 2.05) is 13.8 Å². The minimum atomic E-state index is -0.216. The molecule has 0 spiro atoms. The van der Waals surface area contributed by atoms with Crippen LogP contribution in [0.2, 0.25) is 0 Å². The van der Waals surface area contributed by atoms with Gasteiger partial charge in [0.15, 0.2) is 5.13 Å². The normalized spacial score (nSPS) is 21.7. The van der Waals surface area contributed by atoms with Gasteiger partial charge in [-0.2, -0.15) is 0 Å². The molecular weight excluding hydrogens is 288 g/mol. The Bertz CT molecular complexity index is 502. The number of hydrogen-bond acceptors (Lipinski definition) is 4. The molecule has 7 heteroatoms. The van der Waals surface area contributed by atoms with Crippen LogP contribution < -0.4 is 16.0 Å². The fraction of sp³-hybridized carbons (Fsp3) is 0.643. The first-order valence-corrected chi connectivity index (χ1v) is 8.04. The van der Waals surface area contributed by atoms with Crippen LogP contribution in [0, 0.1) is 19.8 Å². The first-order valence-electron chi connectivity index (χ1n) is 7.22. The summed E-state index contributed by atoms with van der Waals surface area (Å²) >= 11 is 1.48. The molecule has 116 valence electrons. The Balaban J connectivity index is 1.78. The molecule has 1 heterocycles. The van der Waals surface area contributed by atoms with E-state index in [0.717, 1.165) is 36.3 Å². The van der Waals surface area contributed by atoms with Gasteiger partial charge < -0.3 is 10.6 Å². The molecule has 1 saturated carbocycles. The Hall–Kier alpha value is -1.63. The summed E-state index contributed by atoms with van der Waals surface area (Å²) in [5.41, 5.74) is 0.946. The molecule has 1 fully saturated rings. The second kappa shape index (κ2) is 6.89. The number of amides is 3. The van der Waals surface area contributed by atoms with E-state index < -0.39 is 0 Å². The van der Waals surface area contributed by atoms with Gasteiger partial charge in [-0.25, -0.2) is 9.78 Å². The van der Waals surface area contributed by atoms with E-state index in [2.05, 4.69) is 20.9 Å². The summed E-state index contributed by atoms with van der Waals surface area (Å²) in [5.74, 6) is 0.187. The molecule has 21 heavy (non-hydrogen) atoms. The van der Waals surface area contributed by atoms with Gasteiger partial charge >= 0.3 is 6.03 Å². The molecule has 1 aromatic rings. The molecular formula is C14H22N4O2S. The van der Waals surface area contributed by atoms with E-state index in [1.165, 1.54) is 11.3 Å². The van der Waals surface area contributed by atoms with Gasteiger partial charge in [0.1, 0.15) is 0 Å². The molecule has 3 amide bonds. The number of carbonyl (C=O) groups excluding carboxylic acids is 2. The molecule has 2 rings (SSSR count). The highest BCUT2D eigenvalue weighted by Gasteiger charge is 2.26. The maximum atomic E-state index is 11.9. The number of thiazole rings is 1. The van der Waals surface area contributed by atoms with Crippen molar-refractivity contribution in [2.75, 3.05) is 12.4 Å². The van der Waals surface area contributed by atoms with Crippen molar-refractivity contribution in [1.29, 1.82) is 0 Å². The number of aryl methyl sites for hydroxylation is 2. The molecule has 0 atom stereocenters. The smallest absolute Gasteiger partial charge is 0.321 e. The highest BCUT2D eigenvalue weighted by Crippen LogP contribution is 2.25. The summed E-state index contributed by atoms with van der Waals surface area (Å²) < 4.78 is 0. The molecule has 0 aliphatic heterocycles. The molecule has 1 aliphatic rings. The van der Waals surface area contributed by atoms with Gasteiger partial charge in [0, 0.05) is 23.9 Å². The van der Waals surface area contributed by atoms with Crippen molar-refractivity contribution in [1.82, 2.24) is 15.6 Å². The fourth-order valence-electron chi connectivity index (χ4n) is 2.55. The molecule has 1 aliphatic carbocycles. The monoisotopic (exact) mass is 310 g/mol. The zero-order valence-electron chi connectivity index (χ0n) is 12.7. The third kappa shape index (κ3) is 4.17. The van der Waals surface area contributed by atoms with Gasteiger partial charge in [-0.3, -0.25) is 10.1 Å². The molecule has 6 nitrogen and oxygen atoms in total. The lowest BCUT2D eigenvalue weighted by Crippen LogP contribution is -2.42. The van der Waals surface area contributed by atoms with Crippen molar-refractivity contribution in [3.8, 4) is 0 Å². The van der Waals surface area contributed by atoms with E-state index in [4.69, 9.17) is 0 Å². The average molecular weight is 310 g/mol. The zero-order chi connectivity index (χ0) is 15.4. The number of rotatable bonds is 3. The standard InChI is InChI=1S/C14H22N4O2S/c1-8-9(2)21-14(16-8)18-13(20)17-11-6-4-10(5-7-11)12(19)15-3/h10-11H,4-7H2,1-3H3,(H,15,19)(H2,16,17,18,20). The van der Waals surface area contributed by atoms with Crippen molar-refractivity contribution in [3.63, 3.8) is 0 Å². The number of nitrogens with one attached hydrogen (secondary N) is 3. The van der Waals surface area contributed by atoms with Crippen molar-refractivity contribution in [2.24, 2.45) is 5.92 Å². The first-order chi connectivity index (χ1) is 9.99. The Labute approximate surface area is 128 Å². The lowest BCUT2D eigenvalue weighted by atomic mass is 9.85. The first kappa shape index (κ1) is 15.8. The highest BCUT2D eigenvalue weighted by atomic mass is 32.1. The Morgan fingerprint density at radius 1 is 1.19 bits per heavy atom. The minimum absolute atomic E-state index is 0.0837. The van der Waals surface area contributed by atoms with E-state index in [9.17, 15) is 9.59 Å². The number of nitrogens with zero attached hydrogens (tertiary/aromatic N) is 1. The third-order valence-corrected chi connectivity index (χ3v) is 4.92. The summed E-state index contributed by atoms with van der Waals surface area (Å²) in [6.45, 7) is 3.91. The summed E-state index contributed by atoms with van der Waals surface area (Å²) in [4.78, 5) is 28.9. The lowest BCUT2D eigenvalue weighted by Gasteiger charge is -2.27. The van der Waals surface area contributed by atoms with Gasteiger partial charge in [-0.05, 0) is 39.5 Å². The Morgan fingerprint density at radius 2 is 1.86 bits per heavy atom. The van der Waals surface area contributed by atoms with Crippen LogP contribution >= 0.6 is 11.3 Å². The number of hydrogen-bond donors (Lipinski definition) is 3. The maximum absolute atomic E-state index is 11.9. The predicted molar refractivity (Wildman–Crippen MR) is 83.6 cm³/mol. The van der Waals surface area contributed by atoms with Gasteiger partial charge in [-0.1, -0.05) is 0 Å². The summed E-state index contributed by atoms with van der Waals surface area (Å²) in [6, 6.07) is -0.0831. The van der Waals surface area contributed by atoms with Crippen LogP contribution in [0.5, 0.6) is 0 Å². The molecule has 3 N–H and O–H groups in total. The lowest BCUT2D eigenvalue weighted by molar-refractivity contribution is -0.125. The Morgan fingerprint density at radius 3 is 2.38 bits per heavy atom. The van der Waals surface area contributed by atoms with E-state index in [-0.39, 0.29) is 23.9 Å². The number of aromatic nitrogens is 1. The van der Waals surface area contributed by atoms with Crippen molar-refractivity contribution in [3.05, 3.63) is 10.6 Å². The highest BCUT2D eigenvalue weighted by molar-refractivity contribution is 7.15. The largest absolute Gasteiger partial charge is 0.359 e. The minimum Gasteiger partial charge on any atom is -0.359 e. The molecule has 0 aromatic carbocycles. The van der Waals surface area contributed by atoms with Crippen LogP contribution in [-0.2, 0) is 4.79 Å². The summed E-state index contributed by atoms with van der Waals surface area (Å²) in [5, 5.41) is 9.04. The molecule has 0 saturated heterocycles. The number of carbonyl (C=O) groups is 2. The van der Waals surface area contributed by atoms with E-state index >= 15 is 0 Å². The molecule has 0 bridgehead atoms. The second-order valence-electron chi connectivity index (χ2n) is 5.42. The van der Waals surface area contributed by atoms with Crippen LogP contribution in [0.4, 0.5) is 9.93 Å². The van der Waals surface area contributed by atoms with Crippen LogP contribution in [0.3, 0.4) is 0 Å². The van der Waals surface area contributed by atoms with Crippen molar-refractivity contribution >= 4 is 28.4 Å². The average Bonchev–Trinajstić information content (AvgIpc) is 2.77. The van der Waals surface area contributed by atoms with Gasteiger partial charge in [0.25, 0.3) is 0 Å². The fourth-order valence-corrected chi connectivity index (χ4v) is 3.36. The molecule has 0 radical (unpaired) electrons. The van der Waals surface area contributed by atoms with Crippen LogP contribution in [0.1, 0.15) is 36.3 Å². The zero-order valence-corrected chi connectivity index (χ0v) is 13.5. The van der Waals surface area contributed by atoms with Gasteiger partial charge in [0.05, 0.1) is 5.69 Å². The Kier molecular flexibility index (Phi) is 5.17. The van der Waals surface area contributed by atoms with E-state index in [1.54, 1.807) is 7.05 Å². The van der Waals surface area contributed by atoms with Gasteiger partial charge in [0.2, 0.25) is 5.91 Å². The van der Waals surface area contributed by atoms with Crippen LogP contribution in [0.25, 0.3) is 0 Å². The third-order valence-electron chi connectivity index (χ3n) is 3.93. The SMILES string of the molecule is CNC(=O)C1CCC(NC(=O)Nc2nc(C)c(C)s2)CC1. The quantitative estimate of drug-likeness (QED) is 0.800. The molecule has 1 aromatic heterocycles. The van der Waals surface area contributed by atoms with Gasteiger partial charge in [-0.15, -0.1) is 11.3 Å². The second-order valence-corrected chi connectivity index (χ2v) is 6.63. The maximum Gasteiger partial charge on any atom is 0.321 e. The van der Waals surface area contributed by atoms with Crippen molar-refractivity contribution in [2.45, 2.75) is 45.6 Å².